The van der Waals surface area contributed by atoms with Crippen LogP contribution < -0.4 is 0 Å². The van der Waals surface area contributed by atoms with Crippen LogP contribution >= 0.6 is 0 Å². The van der Waals surface area contributed by atoms with Gasteiger partial charge in [0, 0.05) is 0 Å². The zero-order valence-electron chi connectivity index (χ0n) is 25.7. The van der Waals surface area contributed by atoms with Crippen LogP contribution in [0.25, 0.3) is 0 Å². The number of quaternary nitrogens is 1. The minimum absolute atomic E-state index is 0.0829. The van der Waals surface area contributed by atoms with Crippen LogP contribution in [-0.2, 0) is 0 Å². The van der Waals surface area contributed by atoms with Gasteiger partial charge in [-0.3, -0.25) is 4.48 Å². The Kier molecular flexibility index (Phi) is 29.9. The highest BCUT2D eigenvalue weighted by atomic mass is 16.3. The first-order valence-corrected chi connectivity index (χ1v) is 17.0. The van der Waals surface area contributed by atoms with Crippen molar-refractivity contribution in [2.24, 2.45) is 0 Å². The van der Waals surface area contributed by atoms with Crippen LogP contribution in [0, 0.1) is 0 Å². The number of allylic oxidation sites excluding steroid dienone is 2. The van der Waals surface area contributed by atoms with Gasteiger partial charge in [-0.25, -0.2) is 0 Å². The maximum atomic E-state index is 9.99. The molecule has 2 N–H and O–H groups in total. The quantitative estimate of drug-likeness (QED) is 0.0410. The molecule has 0 aromatic rings. The topological polar surface area (TPSA) is 40.5 Å². The Morgan fingerprint density at radius 2 is 0.649 bits per heavy atom. The summed E-state index contributed by atoms with van der Waals surface area (Å²) in [6.07, 6.45) is 39.5. The van der Waals surface area contributed by atoms with Gasteiger partial charge >= 0.3 is 0 Å². The first-order chi connectivity index (χ1) is 18.2. The fourth-order valence-electron chi connectivity index (χ4n) is 5.42. The van der Waals surface area contributed by atoms with Gasteiger partial charge in [0.1, 0.15) is 0 Å². The third-order valence-electron chi connectivity index (χ3n) is 8.23. The predicted molar refractivity (Wildman–Crippen MR) is 165 cm³/mol. The third-order valence-corrected chi connectivity index (χ3v) is 8.23. The predicted octanol–water partition coefficient (Wildman–Crippen LogP) is 10.4. The molecule has 0 atom stereocenters. The fraction of sp³-hybridized carbons (Fsp3) is 0.941. The zero-order valence-corrected chi connectivity index (χ0v) is 25.7. The van der Waals surface area contributed by atoms with Crippen molar-refractivity contribution in [1.82, 2.24) is 0 Å². The SMILES string of the molecule is CCCCCCCC/C=C/CCCCCCCC[N+](CO)(CO)CCCCCCCCCCCCCC. The lowest BCUT2D eigenvalue weighted by molar-refractivity contribution is -0.961. The van der Waals surface area contributed by atoms with Crippen LogP contribution in [0.1, 0.15) is 181 Å². The molecule has 0 aliphatic heterocycles. The molecule has 0 amide bonds. The van der Waals surface area contributed by atoms with E-state index >= 15 is 0 Å². The van der Waals surface area contributed by atoms with Crippen molar-refractivity contribution in [3.8, 4) is 0 Å². The monoisotopic (exact) mass is 525 g/mol. The molecule has 222 valence electrons. The molecule has 0 unspecified atom stereocenters. The largest absolute Gasteiger partial charge is 0.347 e. The van der Waals surface area contributed by atoms with Gasteiger partial charge in [-0.2, -0.15) is 0 Å². The summed E-state index contributed by atoms with van der Waals surface area (Å²) in [5, 5.41) is 20.0. The lowest BCUT2D eigenvalue weighted by Crippen LogP contribution is -2.50. The Bertz CT molecular complexity index is 447. The molecule has 0 radical (unpaired) electrons. The second-order valence-electron chi connectivity index (χ2n) is 11.9. The van der Waals surface area contributed by atoms with E-state index in [1.54, 1.807) is 0 Å². The second-order valence-corrected chi connectivity index (χ2v) is 11.9. The van der Waals surface area contributed by atoms with E-state index in [2.05, 4.69) is 26.0 Å². The lowest BCUT2D eigenvalue weighted by Gasteiger charge is -2.34. The van der Waals surface area contributed by atoms with Gasteiger partial charge in [0.2, 0.25) is 0 Å². The van der Waals surface area contributed by atoms with Crippen molar-refractivity contribution in [1.29, 1.82) is 0 Å². The Labute approximate surface area is 234 Å². The molecule has 0 aliphatic rings. The van der Waals surface area contributed by atoms with E-state index in [0.717, 1.165) is 25.9 Å². The van der Waals surface area contributed by atoms with Crippen LogP contribution in [0.15, 0.2) is 12.2 Å². The molecular formula is C34H70NO2+. The summed E-state index contributed by atoms with van der Waals surface area (Å²) < 4.78 is 0.487. The average molecular weight is 525 g/mol. The number of nitrogens with zero attached hydrogens (tertiary/aromatic N) is 1. The normalized spacial score (nSPS) is 12.2. The van der Waals surface area contributed by atoms with Crippen molar-refractivity contribution >= 4 is 0 Å². The molecule has 0 heterocycles. The van der Waals surface area contributed by atoms with Crippen molar-refractivity contribution in [3.63, 3.8) is 0 Å². The number of aliphatic hydroxyl groups excluding tert-OH is 2. The first kappa shape index (κ1) is 36.6. The summed E-state index contributed by atoms with van der Waals surface area (Å²) in [6.45, 7) is 6.58. The number of unbranched alkanes of at least 4 members (excludes halogenated alkanes) is 23. The van der Waals surface area contributed by atoms with Crippen molar-refractivity contribution in [2.45, 2.75) is 181 Å². The number of hydrogen-bond acceptors (Lipinski definition) is 2. The van der Waals surface area contributed by atoms with Crippen molar-refractivity contribution in [3.05, 3.63) is 12.2 Å². The van der Waals surface area contributed by atoms with Gasteiger partial charge in [0.05, 0.1) is 13.1 Å². The molecule has 3 nitrogen and oxygen atoms in total. The standard InChI is InChI=1S/C34H70NO2/c1-3-5-7-9-11-13-15-17-18-19-20-22-24-26-28-30-32-35(33-36,34-37)31-29-27-25-23-21-16-14-12-10-8-6-4-2/h17-18,36-37H,3-16,19-34H2,1-2H3/q+1/b18-17+. The van der Waals surface area contributed by atoms with Gasteiger partial charge in [0.25, 0.3) is 0 Å². The Morgan fingerprint density at radius 1 is 0.378 bits per heavy atom. The van der Waals surface area contributed by atoms with E-state index in [4.69, 9.17) is 0 Å². The Balaban J connectivity index is 3.59. The number of aliphatic hydroxyl groups is 2. The molecular weight excluding hydrogens is 454 g/mol. The molecule has 0 aromatic heterocycles. The van der Waals surface area contributed by atoms with Crippen molar-refractivity contribution < 1.29 is 14.7 Å². The van der Waals surface area contributed by atoms with Gasteiger partial charge in [-0.05, 0) is 51.4 Å². The number of rotatable bonds is 31. The van der Waals surface area contributed by atoms with Crippen LogP contribution in [-0.4, -0.2) is 41.2 Å². The minimum atomic E-state index is 0.0829. The van der Waals surface area contributed by atoms with Gasteiger partial charge in [0.15, 0.2) is 13.5 Å². The molecule has 0 saturated heterocycles. The Hall–Kier alpha value is -0.380. The summed E-state index contributed by atoms with van der Waals surface area (Å²) >= 11 is 0. The zero-order chi connectivity index (χ0) is 27.1. The molecule has 0 aliphatic carbocycles. The summed E-state index contributed by atoms with van der Waals surface area (Å²) in [6, 6.07) is 0. The molecule has 0 bridgehead atoms. The Morgan fingerprint density at radius 3 is 0.946 bits per heavy atom. The molecule has 0 rings (SSSR count). The average Bonchev–Trinajstić information content (AvgIpc) is 2.92. The molecule has 0 spiro atoms. The summed E-state index contributed by atoms with van der Waals surface area (Å²) in [4.78, 5) is 0. The van der Waals surface area contributed by atoms with Crippen LogP contribution in [0.2, 0.25) is 0 Å². The molecule has 0 saturated carbocycles. The van der Waals surface area contributed by atoms with E-state index in [9.17, 15) is 10.2 Å². The van der Waals surface area contributed by atoms with E-state index in [1.807, 2.05) is 0 Å². The fourth-order valence-corrected chi connectivity index (χ4v) is 5.42. The maximum Gasteiger partial charge on any atom is 0.182 e. The van der Waals surface area contributed by atoms with Gasteiger partial charge < -0.3 is 10.2 Å². The van der Waals surface area contributed by atoms with E-state index in [1.165, 1.54) is 154 Å². The highest BCUT2D eigenvalue weighted by Crippen LogP contribution is 2.16. The molecule has 0 fully saturated rings. The summed E-state index contributed by atoms with van der Waals surface area (Å²) in [7, 11) is 0. The van der Waals surface area contributed by atoms with Crippen molar-refractivity contribution in [2.75, 3.05) is 26.6 Å². The smallest absolute Gasteiger partial charge is 0.182 e. The van der Waals surface area contributed by atoms with Crippen LogP contribution in [0.5, 0.6) is 0 Å². The lowest BCUT2D eigenvalue weighted by atomic mass is 10.0. The van der Waals surface area contributed by atoms with Crippen LogP contribution in [0.3, 0.4) is 0 Å². The van der Waals surface area contributed by atoms with E-state index in [0.29, 0.717) is 4.48 Å². The third kappa shape index (κ3) is 25.6. The van der Waals surface area contributed by atoms with Crippen LogP contribution in [0.4, 0.5) is 0 Å². The van der Waals surface area contributed by atoms with Gasteiger partial charge in [-0.15, -0.1) is 0 Å². The van der Waals surface area contributed by atoms with E-state index in [-0.39, 0.29) is 13.5 Å². The maximum absolute atomic E-state index is 9.99. The summed E-state index contributed by atoms with van der Waals surface area (Å²) in [5.41, 5.74) is 0. The molecule has 37 heavy (non-hydrogen) atoms. The molecule has 3 heteroatoms. The highest BCUT2D eigenvalue weighted by molar-refractivity contribution is 4.81. The number of hydrogen-bond donors (Lipinski definition) is 2. The minimum Gasteiger partial charge on any atom is -0.347 e. The molecule has 0 aromatic carbocycles. The second kappa shape index (κ2) is 30.2. The van der Waals surface area contributed by atoms with Gasteiger partial charge in [-0.1, -0.05) is 142 Å². The highest BCUT2D eigenvalue weighted by Gasteiger charge is 2.24. The summed E-state index contributed by atoms with van der Waals surface area (Å²) in [5.74, 6) is 0. The first-order valence-electron chi connectivity index (χ1n) is 17.0. The van der Waals surface area contributed by atoms with E-state index < -0.39 is 0 Å².